The maximum Gasteiger partial charge on any atom is 0.272 e. The van der Waals surface area contributed by atoms with Crippen LogP contribution in [0.5, 0.6) is 0 Å². The molecule has 5 rings (SSSR count). The fourth-order valence-corrected chi connectivity index (χ4v) is 3.54. The first-order chi connectivity index (χ1) is 12.7. The Bertz CT molecular complexity index is 1270. The SMILES string of the molecule is Cn1c2ccccc2c2nnc(-n3cc(-c4cccc(Br)c4)cn3)nc21. The third kappa shape index (κ3) is 2.32. The third-order valence-electron chi connectivity index (χ3n) is 4.44. The predicted molar refractivity (Wildman–Crippen MR) is 104 cm³/mol. The fraction of sp³-hybridized carbons (Fsp3) is 0.0526. The van der Waals surface area contributed by atoms with E-state index < -0.39 is 0 Å². The van der Waals surface area contributed by atoms with Crippen molar-refractivity contribution in [2.75, 3.05) is 0 Å². The number of aryl methyl sites for hydroxylation is 1. The lowest BCUT2D eigenvalue weighted by molar-refractivity contribution is 0.781. The number of rotatable bonds is 2. The van der Waals surface area contributed by atoms with Crippen LogP contribution in [0.15, 0.2) is 65.4 Å². The van der Waals surface area contributed by atoms with Crippen molar-refractivity contribution in [1.82, 2.24) is 29.5 Å². The van der Waals surface area contributed by atoms with Crippen LogP contribution in [-0.2, 0) is 7.05 Å². The van der Waals surface area contributed by atoms with Crippen molar-refractivity contribution in [3.8, 4) is 17.1 Å². The molecule has 0 radical (unpaired) electrons. The molecule has 0 fully saturated rings. The molecule has 126 valence electrons. The van der Waals surface area contributed by atoms with Crippen molar-refractivity contribution in [3.63, 3.8) is 0 Å². The zero-order valence-corrected chi connectivity index (χ0v) is 15.4. The molecule has 3 heterocycles. The molecule has 2 aromatic carbocycles. The van der Waals surface area contributed by atoms with Crippen LogP contribution in [0.4, 0.5) is 0 Å². The molecular weight excluding hydrogens is 392 g/mol. The Balaban J connectivity index is 1.64. The molecule has 0 saturated carbocycles. The Labute approximate surface area is 157 Å². The van der Waals surface area contributed by atoms with E-state index in [-0.39, 0.29) is 0 Å². The molecule has 0 aliphatic heterocycles. The number of benzene rings is 2. The number of hydrogen-bond acceptors (Lipinski definition) is 4. The van der Waals surface area contributed by atoms with E-state index in [0.29, 0.717) is 5.95 Å². The van der Waals surface area contributed by atoms with Gasteiger partial charge in [0.2, 0.25) is 0 Å². The average molecular weight is 405 g/mol. The quantitative estimate of drug-likeness (QED) is 0.443. The zero-order valence-electron chi connectivity index (χ0n) is 13.8. The number of aromatic nitrogens is 6. The van der Waals surface area contributed by atoms with E-state index in [9.17, 15) is 0 Å². The highest BCUT2D eigenvalue weighted by molar-refractivity contribution is 9.10. The lowest BCUT2D eigenvalue weighted by atomic mass is 10.1. The fourth-order valence-electron chi connectivity index (χ4n) is 3.14. The van der Waals surface area contributed by atoms with Crippen LogP contribution in [0.25, 0.3) is 39.1 Å². The summed E-state index contributed by atoms with van der Waals surface area (Å²) in [6.45, 7) is 0. The topological polar surface area (TPSA) is 61.4 Å². The number of para-hydroxylation sites is 1. The molecule has 26 heavy (non-hydrogen) atoms. The largest absolute Gasteiger partial charge is 0.327 e. The van der Waals surface area contributed by atoms with Crippen LogP contribution in [0.2, 0.25) is 0 Å². The second kappa shape index (κ2) is 5.74. The van der Waals surface area contributed by atoms with Crippen molar-refractivity contribution >= 4 is 38.0 Å². The number of nitrogens with zero attached hydrogens (tertiary/aromatic N) is 6. The summed E-state index contributed by atoms with van der Waals surface area (Å²) >= 11 is 3.50. The molecule has 5 aromatic rings. The minimum atomic E-state index is 0.449. The van der Waals surface area contributed by atoms with Crippen molar-refractivity contribution in [2.24, 2.45) is 7.05 Å². The van der Waals surface area contributed by atoms with E-state index in [0.717, 1.165) is 37.7 Å². The molecule has 6 nitrogen and oxygen atoms in total. The maximum absolute atomic E-state index is 4.69. The van der Waals surface area contributed by atoms with Crippen molar-refractivity contribution in [3.05, 3.63) is 65.4 Å². The van der Waals surface area contributed by atoms with Gasteiger partial charge in [0.25, 0.3) is 5.95 Å². The summed E-state index contributed by atoms with van der Waals surface area (Å²) < 4.78 is 4.71. The van der Waals surface area contributed by atoms with Crippen molar-refractivity contribution in [2.45, 2.75) is 0 Å². The van der Waals surface area contributed by atoms with Crippen LogP contribution in [-0.4, -0.2) is 29.5 Å². The summed E-state index contributed by atoms with van der Waals surface area (Å²) in [5.41, 5.74) is 4.73. The molecule has 0 spiro atoms. The van der Waals surface area contributed by atoms with E-state index in [4.69, 9.17) is 0 Å². The van der Waals surface area contributed by atoms with Crippen LogP contribution in [0.1, 0.15) is 0 Å². The monoisotopic (exact) mass is 404 g/mol. The summed E-state index contributed by atoms with van der Waals surface area (Å²) in [4.78, 5) is 4.69. The van der Waals surface area contributed by atoms with Gasteiger partial charge in [0, 0.05) is 28.7 Å². The molecule has 7 heteroatoms. The van der Waals surface area contributed by atoms with Gasteiger partial charge in [0.15, 0.2) is 5.65 Å². The normalized spacial score (nSPS) is 11.5. The van der Waals surface area contributed by atoms with Gasteiger partial charge in [-0.15, -0.1) is 10.2 Å². The van der Waals surface area contributed by atoms with Crippen molar-refractivity contribution < 1.29 is 0 Å². The summed E-state index contributed by atoms with van der Waals surface area (Å²) in [6.07, 6.45) is 3.71. The first-order valence-electron chi connectivity index (χ1n) is 8.09. The molecule has 0 N–H and O–H groups in total. The van der Waals surface area contributed by atoms with Crippen molar-refractivity contribution in [1.29, 1.82) is 0 Å². The van der Waals surface area contributed by atoms with E-state index in [2.05, 4.69) is 42.3 Å². The number of fused-ring (bicyclic) bond motifs is 3. The molecule has 0 atom stereocenters. The van der Waals surface area contributed by atoms with Crippen LogP contribution in [0, 0.1) is 0 Å². The Morgan fingerprint density at radius 1 is 0.962 bits per heavy atom. The molecule has 0 bridgehead atoms. The minimum absolute atomic E-state index is 0.449. The van der Waals surface area contributed by atoms with Crippen LogP contribution >= 0.6 is 15.9 Å². The highest BCUT2D eigenvalue weighted by atomic mass is 79.9. The Hall–Kier alpha value is -3.06. The molecule has 3 aromatic heterocycles. The predicted octanol–water partition coefficient (Wildman–Crippen LogP) is 4.13. The van der Waals surface area contributed by atoms with Gasteiger partial charge in [-0.3, -0.25) is 0 Å². The second-order valence-electron chi connectivity index (χ2n) is 6.04. The lowest BCUT2D eigenvalue weighted by Gasteiger charge is -2.00. The molecular formula is C19H13BrN6. The van der Waals surface area contributed by atoms with E-state index in [1.54, 1.807) is 10.9 Å². The molecule has 0 aliphatic rings. The van der Waals surface area contributed by atoms with Gasteiger partial charge in [-0.1, -0.05) is 46.3 Å². The van der Waals surface area contributed by atoms with E-state index in [1.807, 2.05) is 60.3 Å². The Kier molecular flexibility index (Phi) is 3.36. The van der Waals surface area contributed by atoms with Gasteiger partial charge in [-0.2, -0.15) is 10.1 Å². The zero-order chi connectivity index (χ0) is 17.7. The number of halogens is 1. The van der Waals surface area contributed by atoms with Crippen LogP contribution in [0.3, 0.4) is 0 Å². The smallest absolute Gasteiger partial charge is 0.272 e. The van der Waals surface area contributed by atoms with Gasteiger partial charge in [-0.25, -0.2) is 4.68 Å². The molecule has 0 aliphatic carbocycles. The molecule has 0 saturated heterocycles. The summed E-state index contributed by atoms with van der Waals surface area (Å²) in [5, 5.41) is 14.1. The Morgan fingerprint density at radius 2 is 1.85 bits per heavy atom. The summed E-state index contributed by atoms with van der Waals surface area (Å²) in [5.74, 6) is 0.449. The first kappa shape index (κ1) is 15.2. The second-order valence-corrected chi connectivity index (χ2v) is 6.96. The van der Waals surface area contributed by atoms with Crippen LogP contribution < -0.4 is 0 Å². The average Bonchev–Trinajstić information content (AvgIpc) is 3.26. The standard InChI is InChI=1S/C19H13BrN6/c1-25-16-8-3-2-7-15(16)17-18(25)22-19(24-23-17)26-11-13(10-21-26)12-5-4-6-14(20)9-12/h2-11H,1H3. The van der Waals surface area contributed by atoms with Gasteiger partial charge in [0.05, 0.1) is 11.7 Å². The highest BCUT2D eigenvalue weighted by Crippen LogP contribution is 2.26. The van der Waals surface area contributed by atoms with E-state index >= 15 is 0 Å². The molecule has 0 unspecified atom stereocenters. The highest BCUT2D eigenvalue weighted by Gasteiger charge is 2.13. The minimum Gasteiger partial charge on any atom is -0.327 e. The van der Waals surface area contributed by atoms with Gasteiger partial charge in [-0.05, 0) is 23.8 Å². The van der Waals surface area contributed by atoms with Gasteiger partial charge < -0.3 is 4.57 Å². The maximum atomic E-state index is 4.69. The van der Waals surface area contributed by atoms with Gasteiger partial charge >= 0.3 is 0 Å². The third-order valence-corrected chi connectivity index (χ3v) is 4.93. The Morgan fingerprint density at radius 3 is 2.73 bits per heavy atom. The van der Waals surface area contributed by atoms with E-state index in [1.165, 1.54) is 0 Å². The lowest BCUT2D eigenvalue weighted by Crippen LogP contribution is -2.04. The number of hydrogen-bond donors (Lipinski definition) is 0. The molecule has 0 amide bonds. The summed E-state index contributed by atoms with van der Waals surface area (Å²) in [7, 11) is 1.99. The first-order valence-corrected chi connectivity index (χ1v) is 8.89. The van der Waals surface area contributed by atoms with Gasteiger partial charge in [0.1, 0.15) is 5.52 Å². The summed E-state index contributed by atoms with van der Waals surface area (Å²) in [6, 6.07) is 16.2.